The van der Waals surface area contributed by atoms with Crippen LogP contribution in [0.5, 0.6) is 0 Å². The summed E-state index contributed by atoms with van der Waals surface area (Å²) in [5.41, 5.74) is 2.07. The highest BCUT2D eigenvalue weighted by atomic mass is 16.2. The Kier molecular flexibility index (Phi) is 17.8. The Morgan fingerprint density at radius 3 is 2.15 bits per heavy atom. The van der Waals surface area contributed by atoms with Gasteiger partial charge in [0.25, 0.3) is 0 Å². The van der Waals surface area contributed by atoms with Crippen molar-refractivity contribution >= 4 is 29.4 Å². The van der Waals surface area contributed by atoms with Crippen LogP contribution in [0.15, 0.2) is 24.3 Å². The van der Waals surface area contributed by atoms with E-state index in [0.717, 1.165) is 37.8 Å². The van der Waals surface area contributed by atoms with Crippen molar-refractivity contribution in [3.05, 3.63) is 24.3 Å². The van der Waals surface area contributed by atoms with E-state index in [1.165, 1.54) is 38.0 Å². The van der Waals surface area contributed by atoms with Crippen molar-refractivity contribution < 1.29 is 14.4 Å². The fourth-order valence-electron chi connectivity index (χ4n) is 3.06. The average Bonchev–Trinajstić information content (AvgIpc) is 2.82. The third kappa shape index (κ3) is 16.4. The number of hydrogen-bond acceptors (Lipinski definition) is 6. The van der Waals surface area contributed by atoms with Crippen LogP contribution in [0.4, 0.5) is 11.4 Å². The lowest BCUT2D eigenvalue weighted by atomic mass is 10.2. The number of ketones is 1. The van der Waals surface area contributed by atoms with Crippen LogP contribution in [0.2, 0.25) is 0 Å². The van der Waals surface area contributed by atoms with Gasteiger partial charge in [-0.2, -0.15) is 0 Å². The summed E-state index contributed by atoms with van der Waals surface area (Å²) < 4.78 is 0. The summed E-state index contributed by atoms with van der Waals surface area (Å²) >= 11 is 0. The number of piperazine rings is 1. The lowest BCUT2D eigenvalue weighted by Gasteiger charge is -2.36. The Bertz CT molecular complexity index is 699. The number of carbonyl (C=O) groups is 3. The maximum absolute atomic E-state index is 11.2. The van der Waals surface area contributed by atoms with Gasteiger partial charge in [0.15, 0.2) is 12.1 Å². The molecule has 1 aromatic carbocycles. The molecule has 194 valence electrons. The molecule has 1 amide bonds. The number of rotatable bonds is 10. The number of nitrogens with zero attached hydrogens (tertiary/aromatic N) is 3. The maximum Gasteiger partial charge on any atom is 0.221 e. The molecule has 0 aliphatic carbocycles. The zero-order valence-corrected chi connectivity index (χ0v) is 22.6. The van der Waals surface area contributed by atoms with Crippen molar-refractivity contribution in [1.29, 1.82) is 0 Å². The molecule has 1 aliphatic heterocycles. The quantitative estimate of drug-likeness (QED) is 0.308. The van der Waals surface area contributed by atoms with Crippen molar-refractivity contribution in [3.63, 3.8) is 0 Å². The van der Waals surface area contributed by atoms with Crippen LogP contribution in [-0.4, -0.2) is 81.1 Å². The summed E-state index contributed by atoms with van der Waals surface area (Å²) in [7, 11) is 4.27. The zero-order valence-electron chi connectivity index (χ0n) is 22.6. The molecule has 34 heavy (non-hydrogen) atoms. The lowest BCUT2D eigenvalue weighted by Crippen LogP contribution is -2.46. The van der Waals surface area contributed by atoms with Gasteiger partial charge in [0.1, 0.15) is 0 Å². The van der Waals surface area contributed by atoms with Gasteiger partial charge in [0.05, 0.1) is 0 Å². The van der Waals surface area contributed by atoms with Crippen LogP contribution in [0.25, 0.3) is 0 Å². The Morgan fingerprint density at radius 2 is 1.71 bits per heavy atom. The van der Waals surface area contributed by atoms with Gasteiger partial charge in [-0.3, -0.25) is 19.3 Å². The van der Waals surface area contributed by atoms with Gasteiger partial charge < -0.3 is 15.1 Å². The number of nitrogens with one attached hydrogen (secondary N) is 1. The van der Waals surface area contributed by atoms with Crippen LogP contribution >= 0.6 is 0 Å². The molecule has 0 atom stereocenters. The largest absolute Gasteiger partial charge is 0.369 e. The Morgan fingerprint density at radius 1 is 1.09 bits per heavy atom. The highest BCUT2D eigenvalue weighted by molar-refractivity contribution is 6.24. The first-order chi connectivity index (χ1) is 16.1. The number of amides is 1. The molecule has 1 N–H and O–H groups in total. The summed E-state index contributed by atoms with van der Waals surface area (Å²) in [6.45, 7) is 16.6. The monoisotopic (exact) mass is 476 g/mol. The molecular formula is C27H48N4O3. The second-order valence-electron chi connectivity index (χ2n) is 9.31. The second kappa shape index (κ2) is 19.1. The molecular weight excluding hydrogens is 428 g/mol. The van der Waals surface area contributed by atoms with E-state index >= 15 is 0 Å². The van der Waals surface area contributed by atoms with E-state index in [0.29, 0.717) is 12.7 Å². The summed E-state index contributed by atoms with van der Waals surface area (Å²) in [5.74, 6) is 0.523. The summed E-state index contributed by atoms with van der Waals surface area (Å²) in [5, 5.41) is 2.86. The Labute approximate surface area is 207 Å². The number of aldehydes is 1. The third-order valence-corrected chi connectivity index (χ3v) is 5.53. The first-order valence-corrected chi connectivity index (χ1v) is 12.6. The van der Waals surface area contributed by atoms with Crippen molar-refractivity contribution in [2.45, 2.75) is 60.3 Å². The van der Waals surface area contributed by atoms with E-state index < -0.39 is 0 Å². The van der Waals surface area contributed by atoms with E-state index in [-0.39, 0.29) is 11.7 Å². The van der Waals surface area contributed by atoms with E-state index in [1.54, 1.807) is 13.8 Å². The number of benzene rings is 1. The molecule has 0 aromatic heterocycles. The van der Waals surface area contributed by atoms with Gasteiger partial charge in [0, 0.05) is 50.9 Å². The van der Waals surface area contributed by atoms with Gasteiger partial charge in [-0.15, -0.1) is 0 Å². The van der Waals surface area contributed by atoms with Crippen molar-refractivity contribution in [1.82, 2.24) is 9.80 Å². The smallest absolute Gasteiger partial charge is 0.221 e. The Balaban J connectivity index is 0.000000824. The number of Topliss-reactive ketones (excluding diaryl/α,β-unsaturated/α-hetero) is 1. The Hall–Kier alpha value is -2.25. The minimum absolute atomic E-state index is 0.0234. The van der Waals surface area contributed by atoms with Crippen molar-refractivity contribution in [2.24, 2.45) is 5.92 Å². The fraction of sp³-hybridized carbons (Fsp3) is 0.667. The van der Waals surface area contributed by atoms with Crippen molar-refractivity contribution in [3.8, 4) is 0 Å². The molecule has 1 fully saturated rings. The van der Waals surface area contributed by atoms with Crippen molar-refractivity contribution in [2.75, 3.05) is 63.6 Å². The average molecular weight is 477 g/mol. The molecule has 1 aliphatic rings. The molecule has 0 unspecified atom stereocenters. The summed E-state index contributed by atoms with van der Waals surface area (Å²) in [4.78, 5) is 37.6. The van der Waals surface area contributed by atoms with Gasteiger partial charge in [-0.05, 0) is 64.1 Å². The molecule has 7 heteroatoms. The fourth-order valence-corrected chi connectivity index (χ4v) is 3.06. The first kappa shape index (κ1) is 31.8. The molecule has 0 bridgehead atoms. The number of carbonyl (C=O) groups excluding carboxylic acids is 3. The summed E-state index contributed by atoms with van der Waals surface area (Å²) in [6, 6.07) is 8.13. The predicted octanol–water partition coefficient (Wildman–Crippen LogP) is 4.33. The standard InChI is InChI=1S/C18H30N4O.C5H12.C4H6O2/c1-16(23)19-17-7-6-8-18(15-17)22-13-11-21(12-14-22)10-5-4-9-20(2)3;1-4-5(2)3;1-2-4(6)3-5/h6-8,15H,4-5,9-14H2,1-3H3,(H,19,23);5H,4H2,1-3H3;3H,2H2,1H3. The minimum Gasteiger partial charge on any atom is -0.369 e. The molecule has 0 spiro atoms. The molecule has 1 heterocycles. The molecule has 2 rings (SSSR count). The predicted molar refractivity (Wildman–Crippen MR) is 144 cm³/mol. The normalized spacial score (nSPS) is 13.5. The molecule has 1 aromatic rings. The topological polar surface area (TPSA) is 73.0 Å². The minimum atomic E-state index is -0.338. The third-order valence-electron chi connectivity index (χ3n) is 5.53. The second-order valence-corrected chi connectivity index (χ2v) is 9.31. The van der Waals surface area contributed by atoms with Crippen LogP contribution < -0.4 is 10.2 Å². The van der Waals surface area contributed by atoms with Gasteiger partial charge in [-0.1, -0.05) is 40.2 Å². The zero-order chi connectivity index (χ0) is 25.9. The first-order valence-electron chi connectivity index (χ1n) is 12.6. The number of unbranched alkanes of at least 4 members (excludes halogenated alkanes) is 1. The van der Waals surface area contributed by atoms with E-state index in [2.05, 4.69) is 67.0 Å². The molecule has 1 saturated heterocycles. The highest BCUT2D eigenvalue weighted by Crippen LogP contribution is 2.21. The molecule has 7 nitrogen and oxygen atoms in total. The van der Waals surface area contributed by atoms with E-state index in [4.69, 9.17) is 0 Å². The van der Waals surface area contributed by atoms with Crippen LogP contribution in [0.3, 0.4) is 0 Å². The lowest BCUT2D eigenvalue weighted by molar-refractivity contribution is -0.129. The van der Waals surface area contributed by atoms with E-state index in [9.17, 15) is 14.4 Å². The van der Waals surface area contributed by atoms with Gasteiger partial charge in [-0.25, -0.2) is 0 Å². The van der Waals surface area contributed by atoms with Gasteiger partial charge in [0.2, 0.25) is 5.91 Å². The summed E-state index contributed by atoms with van der Waals surface area (Å²) in [6.07, 6.45) is 4.51. The molecule has 0 radical (unpaired) electrons. The van der Waals surface area contributed by atoms with Crippen LogP contribution in [-0.2, 0) is 14.4 Å². The number of hydrogen-bond donors (Lipinski definition) is 1. The van der Waals surface area contributed by atoms with Crippen LogP contribution in [0, 0.1) is 5.92 Å². The van der Waals surface area contributed by atoms with E-state index in [1.807, 2.05) is 12.1 Å². The number of anilines is 2. The highest BCUT2D eigenvalue weighted by Gasteiger charge is 2.17. The maximum atomic E-state index is 11.2. The SMILES string of the molecule is CC(=O)Nc1cccc(N2CCN(CCCCN(C)C)CC2)c1.CCC(=O)C=O.CCC(C)C. The van der Waals surface area contributed by atoms with Crippen LogP contribution in [0.1, 0.15) is 60.3 Å². The molecule has 0 saturated carbocycles. The van der Waals surface area contributed by atoms with Gasteiger partial charge >= 0.3 is 0 Å².